The predicted octanol–water partition coefficient (Wildman–Crippen LogP) is 18.9. The maximum Gasteiger partial charge on any atom is 0.145 e. The fourth-order valence-corrected chi connectivity index (χ4v) is 12.6. The van der Waals surface area contributed by atoms with Crippen molar-refractivity contribution in [1.82, 2.24) is 13.7 Å². The van der Waals surface area contributed by atoms with E-state index in [9.17, 15) is 0 Å². The smallest absolute Gasteiger partial charge is 0.145 e. The van der Waals surface area contributed by atoms with Crippen LogP contribution >= 0.6 is 11.3 Å². The number of hydrogen-bond acceptors (Lipinski definition) is 3. The van der Waals surface area contributed by atoms with Crippen LogP contribution in [-0.4, -0.2) is 13.7 Å². The molecule has 0 aliphatic rings. The molecule has 0 unspecified atom stereocenters. The van der Waals surface area contributed by atoms with Crippen LogP contribution in [0.4, 0.5) is 0 Å². The first-order chi connectivity index (χ1) is 35.1. The summed E-state index contributed by atoms with van der Waals surface area (Å²) in [4.78, 5) is 0. The molecule has 0 N–H and O–H groups in total. The van der Waals surface area contributed by atoms with E-state index < -0.39 is 0 Å². The van der Waals surface area contributed by atoms with Gasteiger partial charge in [-0.3, -0.25) is 0 Å². The number of rotatable bonds is 4. The molecule has 16 rings (SSSR count). The summed E-state index contributed by atoms with van der Waals surface area (Å²) in [5, 5.41) is 14.1. The summed E-state index contributed by atoms with van der Waals surface area (Å²) < 4.78 is 23.3. The summed E-state index contributed by atoms with van der Waals surface area (Å²) in [6, 6.07) is 72.7. The Kier molecular flexibility index (Phi) is 8.53. The van der Waals surface area contributed by atoms with Gasteiger partial charge in [0.05, 0.1) is 43.9 Å². The van der Waals surface area contributed by atoms with Crippen molar-refractivity contribution < 1.29 is 8.83 Å². The van der Waals surface area contributed by atoms with Gasteiger partial charge < -0.3 is 22.5 Å². The Balaban J connectivity index is 0.000000864. The predicted molar refractivity (Wildman–Crippen MR) is 302 cm³/mol. The van der Waals surface area contributed by atoms with Gasteiger partial charge in [0.25, 0.3) is 0 Å². The fourth-order valence-electron chi connectivity index (χ4n) is 11.6. The molecule has 6 heterocycles. The normalized spacial score (nSPS) is 12.3. The second kappa shape index (κ2) is 15.2. The molecule has 0 bridgehead atoms. The quantitative estimate of drug-likeness (QED) is 0.165. The lowest BCUT2D eigenvalue weighted by atomic mass is 10.1. The molecule has 0 fully saturated rings. The molecule has 5 nitrogen and oxygen atoms in total. The number of nitrogens with zero attached hydrogens (tertiary/aromatic N) is 3. The Labute approximate surface area is 410 Å². The van der Waals surface area contributed by atoms with Crippen molar-refractivity contribution in [2.75, 3.05) is 0 Å². The van der Waals surface area contributed by atoms with Crippen LogP contribution in [0.15, 0.2) is 234 Å². The zero-order valence-electron chi connectivity index (χ0n) is 38.6. The zero-order valence-corrected chi connectivity index (χ0v) is 39.4. The van der Waals surface area contributed by atoms with Gasteiger partial charge in [-0.2, -0.15) is 0 Å². The van der Waals surface area contributed by atoms with E-state index in [1.165, 1.54) is 53.1 Å². The standard InChI is InChI=1S/C60H33N3O2S.C5H8/c1-6-16-47-37(11-1)38-12-2-7-17-48(38)61(47)35-22-29-55-45(32-35)46-33-36(23-30-56(46)66-55)63-50-19-9-4-15-43(50)58-52(63)27-25-41-40-24-26-51-57(59(40)65-60(41)58)42-14-3-8-18-49(42)62(51)34-21-28-54-44(31-34)39-13-5-10-20-53(39)64-54;1-3-5-4-2/h1-33H;3-5H,1H2,2H3/b;5-4-. The fraction of sp³-hybridized carbons (Fsp3) is 0.0154. The SMILES string of the molecule is C=C/C=C\C.c1ccc2c(c1)oc1ccc(-n3c4ccccc4c4c5oc6c(ccc7c6c6ccccc6n7-c6ccc7sc8ccc(-n9c%10ccccc%10c%10ccccc%109)cc8c7c6)c5ccc43)cc12. The summed E-state index contributed by atoms with van der Waals surface area (Å²) in [5.41, 5.74) is 13.9. The zero-order chi connectivity index (χ0) is 46.9. The van der Waals surface area contributed by atoms with E-state index in [4.69, 9.17) is 8.83 Å². The lowest BCUT2D eigenvalue weighted by Crippen LogP contribution is -1.94. The molecule has 0 saturated heterocycles. The molecule has 0 saturated carbocycles. The van der Waals surface area contributed by atoms with Crippen LogP contribution < -0.4 is 0 Å². The van der Waals surface area contributed by atoms with E-state index in [0.29, 0.717) is 0 Å². The van der Waals surface area contributed by atoms with Crippen molar-refractivity contribution in [3.8, 4) is 17.1 Å². The summed E-state index contributed by atoms with van der Waals surface area (Å²) in [7, 11) is 0. The van der Waals surface area contributed by atoms with E-state index in [1.807, 2.05) is 42.5 Å². The van der Waals surface area contributed by atoms with Crippen LogP contribution in [0.3, 0.4) is 0 Å². The third kappa shape index (κ3) is 5.68. The molecule has 0 radical (unpaired) electrons. The molecule has 16 aromatic rings. The largest absolute Gasteiger partial charge is 0.456 e. The van der Waals surface area contributed by atoms with Crippen molar-refractivity contribution in [2.24, 2.45) is 0 Å². The molecule has 0 atom stereocenters. The third-order valence-corrected chi connectivity index (χ3v) is 15.7. The average molecular weight is 928 g/mol. The van der Waals surface area contributed by atoms with E-state index >= 15 is 0 Å². The first kappa shape index (κ1) is 39.9. The van der Waals surface area contributed by atoms with Crippen molar-refractivity contribution in [2.45, 2.75) is 6.92 Å². The highest BCUT2D eigenvalue weighted by Crippen LogP contribution is 2.46. The lowest BCUT2D eigenvalue weighted by molar-refractivity contribution is 0.669. The summed E-state index contributed by atoms with van der Waals surface area (Å²) in [5.74, 6) is 0. The molecule has 0 spiro atoms. The summed E-state index contributed by atoms with van der Waals surface area (Å²) in [6.45, 7) is 5.42. The van der Waals surface area contributed by atoms with Gasteiger partial charge in [0, 0.05) is 80.3 Å². The molecular formula is C65H41N3O2S. The molecular weight excluding hydrogens is 887 g/mol. The van der Waals surface area contributed by atoms with Crippen molar-refractivity contribution in [3.63, 3.8) is 0 Å². The first-order valence-electron chi connectivity index (χ1n) is 24.1. The van der Waals surface area contributed by atoms with Gasteiger partial charge in [-0.25, -0.2) is 0 Å². The summed E-state index contributed by atoms with van der Waals surface area (Å²) >= 11 is 1.86. The second-order valence-electron chi connectivity index (χ2n) is 18.4. The van der Waals surface area contributed by atoms with Gasteiger partial charge in [0.1, 0.15) is 22.3 Å². The Morgan fingerprint density at radius 2 is 0.789 bits per heavy atom. The molecule has 6 aromatic heterocycles. The Morgan fingerprint density at radius 1 is 0.366 bits per heavy atom. The molecule has 10 aromatic carbocycles. The van der Waals surface area contributed by atoms with E-state index in [1.54, 1.807) is 6.08 Å². The molecule has 0 amide bonds. The Bertz CT molecular complexity index is 4880. The molecule has 71 heavy (non-hydrogen) atoms. The monoisotopic (exact) mass is 927 g/mol. The van der Waals surface area contributed by atoms with Gasteiger partial charge in [-0.15, -0.1) is 11.3 Å². The summed E-state index contributed by atoms with van der Waals surface area (Å²) in [6.07, 6.45) is 5.58. The maximum absolute atomic E-state index is 7.29. The Morgan fingerprint density at radius 3 is 1.30 bits per heavy atom. The van der Waals surface area contributed by atoms with E-state index in [2.05, 4.69) is 208 Å². The average Bonchev–Trinajstić information content (AvgIpc) is 4.27. The minimum Gasteiger partial charge on any atom is -0.456 e. The minimum absolute atomic E-state index is 0.886. The number of para-hydroxylation sites is 5. The highest BCUT2D eigenvalue weighted by atomic mass is 32.1. The number of allylic oxidation sites excluding steroid dienone is 3. The Hall–Kier alpha value is -9.10. The van der Waals surface area contributed by atoms with E-state index in [-0.39, 0.29) is 0 Å². The number of aromatic nitrogens is 3. The topological polar surface area (TPSA) is 41.1 Å². The highest BCUT2D eigenvalue weighted by Gasteiger charge is 2.23. The molecule has 6 heteroatoms. The van der Waals surface area contributed by atoms with Crippen LogP contribution in [-0.2, 0) is 0 Å². The molecule has 0 aliphatic heterocycles. The number of thiophene rings is 1. The van der Waals surface area contributed by atoms with Gasteiger partial charge >= 0.3 is 0 Å². The number of furan rings is 2. The second-order valence-corrected chi connectivity index (χ2v) is 19.4. The third-order valence-electron chi connectivity index (χ3n) is 14.6. The number of hydrogen-bond donors (Lipinski definition) is 0. The first-order valence-corrected chi connectivity index (χ1v) is 24.9. The van der Waals surface area contributed by atoms with Crippen molar-refractivity contribution in [3.05, 3.63) is 225 Å². The van der Waals surface area contributed by atoms with Crippen LogP contribution in [0.25, 0.3) is 147 Å². The number of benzene rings is 10. The maximum atomic E-state index is 7.29. The van der Waals surface area contributed by atoms with E-state index in [0.717, 1.165) is 93.5 Å². The van der Waals surface area contributed by atoms with Crippen LogP contribution in [0, 0.1) is 0 Å². The highest BCUT2D eigenvalue weighted by molar-refractivity contribution is 7.25. The minimum atomic E-state index is 0.886. The van der Waals surface area contributed by atoms with Gasteiger partial charge in [0.15, 0.2) is 0 Å². The van der Waals surface area contributed by atoms with Gasteiger partial charge in [0.2, 0.25) is 0 Å². The van der Waals surface area contributed by atoms with Gasteiger partial charge in [-0.05, 0) is 116 Å². The van der Waals surface area contributed by atoms with Gasteiger partial charge in [-0.1, -0.05) is 116 Å². The van der Waals surface area contributed by atoms with Crippen LogP contribution in [0.1, 0.15) is 6.92 Å². The molecule has 0 aliphatic carbocycles. The van der Waals surface area contributed by atoms with Crippen LogP contribution in [0.5, 0.6) is 0 Å². The molecule has 334 valence electrons. The number of fused-ring (bicyclic) bond motifs is 20. The van der Waals surface area contributed by atoms with Crippen LogP contribution in [0.2, 0.25) is 0 Å². The van der Waals surface area contributed by atoms with Crippen molar-refractivity contribution in [1.29, 1.82) is 0 Å². The van der Waals surface area contributed by atoms with Crippen molar-refractivity contribution >= 4 is 141 Å². The lowest BCUT2D eigenvalue weighted by Gasteiger charge is -2.09.